The molecule has 1 aliphatic rings. The number of hydrogen-bond acceptors (Lipinski definition) is 5. The van der Waals surface area contributed by atoms with Gasteiger partial charge in [0.25, 0.3) is 5.91 Å². The number of carbonyl (C=O) groups excluding carboxylic acids is 2. The number of anilines is 1. The van der Waals surface area contributed by atoms with Crippen LogP contribution < -0.4 is 4.90 Å². The quantitative estimate of drug-likeness (QED) is 0.885. The Hall–Kier alpha value is -2.91. The predicted octanol–water partition coefficient (Wildman–Crippen LogP) is 4.13. The predicted molar refractivity (Wildman–Crippen MR) is 99.8 cm³/mol. The first-order valence-corrected chi connectivity index (χ1v) is 8.98. The molecule has 1 atom stereocenters. The molecule has 0 fully saturated rings. The van der Waals surface area contributed by atoms with Gasteiger partial charge in [-0.25, -0.2) is 0 Å². The van der Waals surface area contributed by atoms with Crippen LogP contribution in [0.15, 0.2) is 53.1 Å². The summed E-state index contributed by atoms with van der Waals surface area (Å²) in [5.41, 5.74) is 0.376. The number of amides is 1. The third-order valence-electron chi connectivity index (χ3n) is 4.22. The van der Waals surface area contributed by atoms with Crippen LogP contribution in [0.5, 0.6) is 0 Å². The number of Topliss-reactive ketones (excluding diaryl/α,β-unsaturated/α-hetero) is 1. The molecule has 26 heavy (non-hydrogen) atoms. The van der Waals surface area contributed by atoms with E-state index in [0.717, 1.165) is 4.88 Å². The summed E-state index contributed by atoms with van der Waals surface area (Å²) < 4.78 is 0. The molecular formula is C20H18N2O3S. The normalized spacial score (nSPS) is 17.5. The van der Waals surface area contributed by atoms with E-state index in [9.17, 15) is 14.7 Å². The fraction of sp³-hybridized carbons (Fsp3) is 0.250. The van der Waals surface area contributed by atoms with Gasteiger partial charge in [-0.05, 0) is 35.7 Å². The summed E-state index contributed by atoms with van der Waals surface area (Å²) >= 11 is 1.42. The lowest BCUT2D eigenvalue weighted by Gasteiger charge is -2.27. The maximum absolute atomic E-state index is 13.0. The van der Waals surface area contributed by atoms with Gasteiger partial charge in [0.2, 0.25) is 0 Å². The SMILES string of the molecule is CC(C)(C)C(=O)C1=C(O)C(=O)N(c2ccc(C#N)cc2)C1c1cccs1. The van der Waals surface area contributed by atoms with Gasteiger partial charge in [0.05, 0.1) is 17.2 Å². The second-order valence-corrected chi connectivity index (χ2v) is 8.07. The summed E-state index contributed by atoms with van der Waals surface area (Å²) in [5, 5.41) is 21.4. The van der Waals surface area contributed by atoms with Crippen molar-refractivity contribution in [1.29, 1.82) is 5.26 Å². The fourth-order valence-electron chi connectivity index (χ4n) is 2.92. The molecule has 3 rings (SSSR count). The average molecular weight is 366 g/mol. The molecule has 1 unspecified atom stereocenters. The van der Waals surface area contributed by atoms with Crippen LogP contribution in [0.25, 0.3) is 0 Å². The third kappa shape index (κ3) is 2.91. The number of carbonyl (C=O) groups is 2. The van der Waals surface area contributed by atoms with Crippen LogP contribution in [0.2, 0.25) is 0 Å². The molecule has 1 aromatic carbocycles. The molecule has 0 bridgehead atoms. The van der Waals surface area contributed by atoms with E-state index in [-0.39, 0.29) is 11.4 Å². The van der Waals surface area contributed by atoms with Crippen LogP contribution in [0.1, 0.15) is 37.3 Å². The zero-order valence-electron chi connectivity index (χ0n) is 14.7. The molecule has 1 N–H and O–H groups in total. The molecule has 0 spiro atoms. The average Bonchev–Trinajstić information content (AvgIpc) is 3.21. The number of nitriles is 1. The minimum atomic E-state index is -0.736. The zero-order chi connectivity index (χ0) is 19.1. The van der Waals surface area contributed by atoms with Crippen molar-refractivity contribution in [1.82, 2.24) is 0 Å². The Morgan fingerprint density at radius 3 is 2.38 bits per heavy atom. The van der Waals surface area contributed by atoms with Crippen LogP contribution >= 0.6 is 11.3 Å². The van der Waals surface area contributed by atoms with Gasteiger partial charge in [0.15, 0.2) is 11.5 Å². The molecular weight excluding hydrogens is 348 g/mol. The van der Waals surface area contributed by atoms with Crippen LogP contribution in [0, 0.1) is 16.7 Å². The first-order valence-electron chi connectivity index (χ1n) is 8.10. The Labute approximate surface area is 155 Å². The topological polar surface area (TPSA) is 81.4 Å². The number of hydrogen-bond donors (Lipinski definition) is 1. The van der Waals surface area contributed by atoms with E-state index in [0.29, 0.717) is 11.3 Å². The summed E-state index contributed by atoms with van der Waals surface area (Å²) in [6.07, 6.45) is 0. The molecule has 0 aliphatic carbocycles. The van der Waals surface area contributed by atoms with Gasteiger partial charge < -0.3 is 5.11 Å². The summed E-state index contributed by atoms with van der Waals surface area (Å²) in [6.45, 7) is 5.28. The van der Waals surface area contributed by atoms with Crippen LogP contribution in [0.3, 0.4) is 0 Å². The van der Waals surface area contributed by atoms with Gasteiger partial charge in [-0.15, -0.1) is 11.3 Å². The van der Waals surface area contributed by atoms with Crippen molar-refractivity contribution < 1.29 is 14.7 Å². The van der Waals surface area contributed by atoms with E-state index in [1.54, 1.807) is 45.0 Å². The summed E-state index contributed by atoms with van der Waals surface area (Å²) in [4.78, 5) is 28.0. The Kier molecular flexibility index (Phi) is 4.43. The lowest BCUT2D eigenvalue weighted by molar-refractivity contribution is -0.123. The highest BCUT2D eigenvalue weighted by Crippen LogP contribution is 2.44. The molecule has 2 aromatic rings. The first kappa shape index (κ1) is 17.9. The molecule has 2 heterocycles. The lowest BCUT2D eigenvalue weighted by Crippen LogP contribution is -2.32. The van der Waals surface area contributed by atoms with E-state index in [1.807, 2.05) is 23.6 Å². The minimum absolute atomic E-state index is 0.120. The van der Waals surface area contributed by atoms with Crippen LogP contribution in [-0.2, 0) is 9.59 Å². The van der Waals surface area contributed by atoms with E-state index >= 15 is 0 Å². The molecule has 1 aromatic heterocycles. The monoisotopic (exact) mass is 366 g/mol. The highest BCUT2D eigenvalue weighted by atomic mass is 32.1. The molecule has 6 heteroatoms. The van der Waals surface area contributed by atoms with E-state index < -0.39 is 23.1 Å². The highest BCUT2D eigenvalue weighted by Gasteiger charge is 2.47. The number of thiophene rings is 1. The fourth-order valence-corrected chi connectivity index (χ4v) is 3.74. The maximum Gasteiger partial charge on any atom is 0.294 e. The van der Waals surface area contributed by atoms with Crippen LogP contribution in [0.4, 0.5) is 5.69 Å². The maximum atomic E-state index is 13.0. The minimum Gasteiger partial charge on any atom is -0.503 e. The van der Waals surface area contributed by atoms with Crippen molar-refractivity contribution in [3.8, 4) is 6.07 Å². The van der Waals surface area contributed by atoms with Gasteiger partial charge in [0, 0.05) is 16.0 Å². The molecule has 132 valence electrons. The Balaban J connectivity index is 2.15. The number of benzene rings is 1. The number of ketones is 1. The third-order valence-corrected chi connectivity index (χ3v) is 5.15. The Morgan fingerprint density at radius 2 is 1.88 bits per heavy atom. The second-order valence-electron chi connectivity index (χ2n) is 7.09. The van der Waals surface area contributed by atoms with Crippen molar-refractivity contribution in [2.45, 2.75) is 26.8 Å². The van der Waals surface area contributed by atoms with Crippen molar-refractivity contribution >= 4 is 28.7 Å². The molecule has 1 aliphatic heterocycles. The Bertz CT molecular complexity index is 929. The second kappa shape index (κ2) is 6.43. The van der Waals surface area contributed by atoms with Crippen molar-refractivity contribution in [3.63, 3.8) is 0 Å². The molecule has 0 saturated carbocycles. The lowest BCUT2D eigenvalue weighted by atomic mass is 9.83. The number of nitrogens with zero attached hydrogens (tertiary/aromatic N) is 2. The van der Waals surface area contributed by atoms with Crippen molar-refractivity contribution in [3.05, 3.63) is 63.6 Å². The summed E-state index contributed by atoms with van der Waals surface area (Å²) in [5.74, 6) is -1.38. The van der Waals surface area contributed by atoms with E-state index in [2.05, 4.69) is 0 Å². The van der Waals surface area contributed by atoms with Gasteiger partial charge in [-0.2, -0.15) is 5.26 Å². The van der Waals surface area contributed by atoms with Gasteiger partial charge >= 0.3 is 0 Å². The van der Waals surface area contributed by atoms with E-state index in [4.69, 9.17) is 5.26 Å². The van der Waals surface area contributed by atoms with Gasteiger partial charge in [-0.1, -0.05) is 26.8 Å². The molecule has 0 radical (unpaired) electrons. The number of rotatable bonds is 3. The largest absolute Gasteiger partial charge is 0.503 e. The first-order chi connectivity index (χ1) is 12.3. The summed E-state index contributed by atoms with van der Waals surface area (Å²) in [7, 11) is 0. The number of aliphatic hydroxyl groups is 1. The van der Waals surface area contributed by atoms with Crippen molar-refractivity contribution in [2.24, 2.45) is 5.41 Å². The van der Waals surface area contributed by atoms with Crippen LogP contribution in [-0.4, -0.2) is 16.8 Å². The Morgan fingerprint density at radius 1 is 1.23 bits per heavy atom. The van der Waals surface area contributed by atoms with Gasteiger partial charge in [-0.3, -0.25) is 14.5 Å². The number of aliphatic hydroxyl groups excluding tert-OH is 1. The van der Waals surface area contributed by atoms with E-state index in [1.165, 1.54) is 16.2 Å². The molecule has 1 amide bonds. The standard InChI is InChI=1S/C20H18N2O3S/c1-20(2,3)18(24)15-16(14-5-4-10-26-14)22(19(25)17(15)23)13-8-6-12(11-21)7-9-13/h4-10,16,23H,1-3H3. The highest BCUT2D eigenvalue weighted by molar-refractivity contribution is 7.10. The molecule has 5 nitrogen and oxygen atoms in total. The molecule has 0 saturated heterocycles. The van der Waals surface area contributed by atoms with Gasteiger partial charge in [0.1, 0.15) is 6.04 Å². The summed E-state index contributed by atoms with van der Waals surface area (Å²) in [6, 6.07) is 11.5. The van der Waals surface area contributed by atoms with Crippen molar-refractivity contribution in [2.75, 3.05) is 4.90 Å². The smallest absolute Gasteiger partial charge is 0.294 e. The zero-order valence-corrected chi connectivity index (χ0v) is 15.5.